The third kappa shape index (κ3) is 3.77. The molecule has 2 N–H and O–H groups in total. The van der Waals surface area contributed by atoms with Gasteiger partial charge in [-0.1, -0.05) is 11.8 Å². The molecule has 0 fully saturated rings. The summed E-state index contributed by atoms with van der Waals surface area (Å²) in [5, 5.41) is 9.33. The van der Waals surface area contributed by atoms with Gasteiger partial charge in [0.25, 0.3) is 0 Å². The fourth-order valence-electron chi connectivity index (χ4n) is 1.51. The number of nitrogens with zero attached hydrogens (tertiary/aromatic N) is 3. The molecule has 0 aromatic carbocycles. The molecule has 0 spiro atoms. The maximum absolute atomic E-state index is 5.50. The van der Waals surface area contributed by atoms with Gasteiger partial charge in [0.05, 0.1) is 0 Å². The lowest BCUT2D eigenvalue weighted by molar-refractivity contribution is 0.189. The number of rotatable bonds is 8. The number of aryl methyl sites for hydroxylation is 1. The van der Waals surface area contributed by atoms with E-state index in [0.717, 1.165) is 43.4 Å². The Morgan fingerprint density at radius 1 is 1.38 bits per heavy atom. The van der Waals surface area contributed by atoms with Crippen LogP contribution in [0.5, 0.6) is 0 Å². The van der Waals surface area contributed by atoms with E-state index >= 15 is 0 Å². The molecule has 0 aliphatic heterocycles. The SMILES string of the molecule is COCCCn1c(CCCN)nnc1SC. The molecular weight excluding hydrogens is 224 g/mol. The largest absolute Gasteiger partial charge is 0.385 e. The van der Waals surface area contributed by atoms with Crippen LogP contribution in [0.4, 0.5) is 0 Å². The van der Waals surface area contributed by atoms with Crippen molar-refractivity contribution < 1.29 is 4.74 Å². The van der Waals surface area contributed by atoms with E-state index < -0.39 is 0 Å². The number of hydrogen-bond acceptors (Lipinski definition) is 5. The fourth-order valence-corrected chi connectivity index (χ4v) is 2.05. The molecule has 0 radical (unpaired) electrons. The molecule has 1 rings (SSSR count). The Bertz CT molecular complexity index is 303. The number of thioether (sulfide) groups is 1. The zero-order valence-corrected chi connectivity index (χ0v) is 10.8. The quantitative estimate of drug-likeness (QED) is 0.544. The summed E-state index contributed by atoms with van der Waals surface area (Å²) in [7, 11) is 1.72. The van der Waals surface area contributed by atoms with Crippen molar-refractivity contribution >= 4 is 11.8 Å². The second-order valence-corrected chi connectivity index (χ2v) is 4.27. The van der Waals surface area contributed by atoms with Crippen LogP contribution in [0.25, 0.3) is 0 Å². The van der Waals surface area contributed by atoms with Crippen molar-refractivity contribution in [3.05, 3.63) is 5.82 Å². The molecule has 0 aliphatic carbocycles. The van der Waals surface area contributed by atoms with Crippen molar-refractivity contribution in [3.8, 4) is 0 Å². The average molecular weight is 244 g/mol. The van der Waals surface area contributed by atoms with Gasteiger partial charge in [0.15, 0.2) is 5.16 Å². The minimum Gasteiger partial charge on any atom is -0.385 e. The average Bonchev–Trinajstić information content (AvgIpc) is 2.69. The first-order valence-corrected chi connectivity index (χ1v) is 6.71. The number of hydrogen-bond donors (Lipinski definition) is 1. The van der Waals surface area contributed by atoms with Gasteiger partial charge in [-0.15, -0.1) is 10.2 Å². The summed E-state index contributed by atoms with van der Waals surface area (Å²) >= 11 is 1.63. The second-order valence-electron chi connectivity index (χ2n) is 3.49. The Balaban J connectivity index is 2.63. The van der Waals surface area contributed by atoms with Gasteiger partial charge in [-0.25, -0.2) is 0 Å². The first-order valence-electron chi connectivity index (χ1n) is 5.48. The summed E-state index contributed by atoms with van der Waals surface area (Å²) < 4.78 is 7.22. The normalized spacial score (nSPS) is 10.9. The van der Waals surface area contributed by atoms with Gasteiger partial charge >= 0.3 is 0 Å². The first kappa shape index (κ1) is 13.5. The number of nitrogens with two attached hydrogens (primary N) is 1. The van der Waals surface area contributed by atoms with Crippen molar-refractivity contribution in [1.82, 2.24) is 14.8 Å². The lowest BCUT2D eigenvalue weighted by Gasteiger charge is -2.08. The molecule has 0 atom stereocenters. The zero-order chi connectivity index (χ0) is 11.8. The Morgan fingerprint density at radius 3 is 2.81 bits per heavy atom. The van der Waals surface area contributed by atoms with Crippen LogP contribution in [0.2, 0.25) is 0 Å². The van der Waals surface area contributed by atoms with Gasteiger partial charge in [-0.2, -0.15) is 0 Å². The van der Waals surface area contributed by atoms with Crippen molar-refractivity contribution in [2.45, 2.75) is 31.0 Å². The van der Waals surface area contributed by atoms with Crippen LogP contribution in [0.1, 0.15) is 18.7 Å². The van der Waals surface area contributed by atoms with E-state index in [2.05, 4.69) is 14.8 Å². The van der Waals surface area contributed by atoms with E-state index in [9.17, 15) is 0 Å². The van der Waals surface area contributed by atoms with E-state index in [1.807, 2.05) is 6.26 Å². The van der Waals surface area contributed by atoms with Crippen LogP contribution < -0.4 is 5.73 Å². The molecule has 5 nitrogen and oxygen atoms in total. The highest BCUT2D eigenvalue weighted by Crippen LogP contribution is 2.15. The number of ether oxygens (including phenoxy) is 1. The minimum absolute atomic E-state index is 0.694. The molecule has 6 heteroatoms. The summed E-state index contributed by atoms with van der Waals surface area (Å²) in [6.45, 7) is 2.37. The summed E-state index contributed by atoms with van der Waals surface area (Å²) in [5.41, 5.74) is 5.50. The molecule has 0 saturated carbocycles. The monoisotopic (exact) mass is 244 g/mol. The molecular formula is C10H20N4OS. The third-order valence-corrected chi connectivity index (χ3v) is 2.98. The maximum atomic E-state index is 5.50. The van der Waals surface area contributed by atoms with Crippen molar-refractivity contribution in [2.75, 3.05) is 26.5 Å². The van der Waals surface area contributed by atoms with Crippen LogP contribution in [0.3, 0.4) is 0 Å². The molecule has 0 amide bonds. The molecule has 0 bridgehead atoms. The molecule has 1 aromatic heterocycles. The summed E-state index contributed by atoms with van der Waals surface area (Å²) in [6.07, 6.45) is 4.86. The van der Waals surface area contributed by atoms with Crippen LogP contribution in [-0.4, -0.2) is 41.3 Å². The van der Waals surface area contributed by atoms with Gasteiger partial charge in [-0.05, 0) is 25.6 Å². The lowest BCUT2D eigenvalue weighted by atomic mass is 10.3. The van der Waals surface area contributed by atoms with Crippen molar-refractivity contribution in [3.63, 3.8) is 0 Å². The Morgan fingerprint density at radius 2 is 2.19 bits per heavy atom. The molecule has 0 unspecified atom stereocenters. The summed E-state index contributed by atoms with van der Waals surface area (Å²) in [5.74, 6) is 1.03. The minimum atomic E-state index is 0.694. The highest BCUT2D eigenvalue weighted by atomic mass is 32.2. The summed E-state index contributed by atoms with van der Waals surface area (Å²) in [4.78, 5) is 0. The third-order valence-electron chi connectivity index (χ3n) is 2.31. The Hall–Kier alpha value is -0.590. The second kappa shape index (κ2) is 7.65. The topological polar surface area (TPSA) is 66.0 Å². The Labute approximate surface area is 101 Å². The smallest absolute Gasteiger partial charge is 0.190 e. The van der Waals surface area contributed by atoms with Gasteiger partial charge in [0.2, 0.25) is 0 Å². The Kier molecular flexibility index (Phi) is 6.44. The molecule has 0 aliphatic rings. The zero-order valence-electron chi connectivity index (χ0n) is 9.98. The number of aromatic nitrogens is 3. The van der Waals surface area contributed by atoms with Crippen LogP contribution in [0, 0.1) is 0 Å². The highest BCUT2D eigenvalue weighted by molar-refractivity contribution is 7.98. The predicted molar refractivity (Wildman–Crippen MR) is 65.7 cm³/mol. The van der Waals surface area contributed by atoms with Crippen LogP contribution in [0.15, 0.2) is 5.16 Å². The molecule has 1 heterocycles. The first-order chi connectivity index (χ1) is 7.83. The molecule has 0 saturated heterocycles. The van der Waals surface area contributed by atoms with Crippen LogP contribution in [-0.2, 0) is 17.7 Å². The van der Waals surface area contributed by atoms with Gasteiger partial charge in [0, 0.05) is 26.7 Å². The lowest BCUT2D eigenvalue weighted by Crippen LogP contribution is -2.09. The van der Waals surface area contributed by atoms with E-state index in [1.54, 1.807) is 18.9 Å². The van der Waals surface area contributed by atoms with Crippen molar-refractivity contribution in [2.24, 2.45) is 5.73 Å². The van der Waals surface area contributed by atoms with Gasteiger partial charge in [0.1, 0.15) is 5.82 Å². The standard InChI is InChI=1S/C10H20N4OS/c1-15-8-4-7-14-9(5-3-6-11)12-13-10(14)16-2/h3-8,11H2,1-2H3. The van der Waals surface area contributed by atoms with E-state index in [4.69, 9.17) is 10.5 Å². The van der Waals surface area contributed by atoms with Gasteiger partial charge in [-0.3, -0.25) is 0 Å². The predicted octanol–water partition coefficient (Wildman–Crippen LogP) is 0.928. The van der Waals surface area contributed by atoms with Crippen molar-refractivity contribution in [1.29, 1.82) is 0 Å². The van der Waals surface area contributed by atoms with Crippen LogP contribution >= 0.6 is 11.8 Å². The van der Waals surface area contributed by atoms with Gasteiger partial charge < -0.3 is 15.0 Å². The van der Waals surface area contributed by atoms with E-state index in [0.29, 0.717) is 6.54 Å². The molecule has 92 valence electrons. The van der Waals surface area contributed by atoms with E-state index in [-0.39, 0.29) is 0 Å². The summed E-state index contributed by atoms with van der Waals surface area (Å²) in [6, 6.07) is 0. The number of methoxy groups -OCH3 is 1. The molecule has 1 aromatic rings. The molecule has 16 heavy (non-hydrogen) atoms. The fraction of sp³-hybridized carbons (Fsp3) is 0.800. The highest BCUT2D eigenvalue weighted by Gasteiger charge is 2.10. The maximum Gasteiger partial charge on any atom is 0.190 e. The van der Waals surface area contributed by atoms with E-state index in [1.165, 1.54) is 0 Å².